The first kappa shape index (κ1) is 9.01. The Balaban J connectivity index is 2.43. The van der Waals surface area contributed by atoms with Crippen LogP contribution in [0.2, 0.25) is 0 Å². The van der Waals surface area contributed by atoms with E-state index in [1.807, 2.05) is 0 Å². The summed E-state index contributed by atoms with van der Waals surface area (Å²) in [6, 6.07) is 0. The molecule has 0 bridgehead atoms. The fourth-order valence-corrected chi connectivity index (χ4v) is 1.85. The van der Waals surface area contributed by atoms with E-state index in [-0.39, 0.29) is 6.61 Å². The average molecular weight is 158 g/mol. The van der Waals surface area contributed by atoms with Gasteiger partial charge in [0, 0.05) is 0 Å². The largest absolute Gasteiger partial charge is 0.393 e. The van der Waals surface area contributed by atoms with Crippen LogP contribution in [0.25, 0.3) is 0 Å². The first-order chi connectivity index (χ1) is 5.17. The second-order valence-electron chi connectivity index (χ2n) is 3.85. The Hall–Kier alpha value is -0.0800. The Morgan fingerprint density at radius 2 is 1.82 bits per heavy atom. The highest BCUT2D eigenvalue weighted by atomic mass is 16.3. The summed E-state index contributed by atoms with van der Waals surface area (Å²) >= 11 is 0. The van der Waals surface area contributed by atoms with E-state index in [9.17, 15) is 5.11 Å². The van der Waals surface area contributed by atoms with Gasteiger partial charge in [0.05, 0.1) is 12.2 Å². The lowest BCUT2D eigenvalue weighted by Crippen LogP contribution is -2.39. The molecule has 2 nitrogen and oxygen atoms in total. The molecule has 2 heteroatoms. The van der Waals surface area contributed by atoms with Crippen LogP contribution in [0.5, 0.6) is 0 Å². The summed E-state index contributed by atoms with van der Waals surface area (Å²) in [5.74, 6) is 0.321. The summed E-state index contributed by atoms with van der Waals surface area (Å²) in [6.45, 7) is 1.64. The van der Waals surface area contributed by atoms with Crippen LogP contribution in [0.15, 0.2) is 0 Å². The Kier molecular flexibility index (Phi) is 2.90. The normalized spacial score (nSPS) is 26.5. The summed E-state index contributed by atoms with van der Waals surface area (Å²) < 4.78 is 0. The van der Waals surface area contributed by atoms with Crippen LogP contribution in [0.1, 0.15) is 39.0 Å². The summed E-state index contributed by atoms with van der Waals surface area (Å²) in [4.78, 5) is 0. The van der Waals surface area contributed by atoms with Crippen LogP contribution in [-0.2, 0) is 0 Å². The van der Waals surface area contributed by atoms with Crippen LogP contribution >= 0.6 is 0 Å². The zero-order valence-electron chi connectivity index (χ0n) is 7.21. The summed E-state index contributed by atoms with van der Waals surface area (Å²) in [6.07, 6.45) is 5.86. The van der Waals surface area contributed by atoms with Gasteiger partial charge in [-0.3, -0.25) is 0 Å². The van der Waals surface area contributed by atoms with E-state index in [1.165, 1.54) is 19.3 Å². The molecule has 1 fully saturated rings. The van der Waals surface area contributed by atoms with Gasteiger partial charge in [-0.25, -0.2) is 0 Å². The van der Waals surface area contributed by atoms with E-state index >= 15 is 0 Å². The van der Waals surface area contributed by atoms with Crippen LogP contribution in [0, 0.1) is 5.92 Å². The fraction of sp³-hybridized carbons (Fsp3) is 1.00. The van der Waals surface area contributed by atoms with Crippen LogP contribution in [-0.4, -0.2) is 22.4 Å². The maximum Gasteiger partial charge on any atom is 0.0877 e. The van der Waals surface area contributed by atoms with Gasteiger partial charge in [0.1, 0.15) is 0 Å². The molecule has 0 spiro atoms. The number of aliphatic hydroxyl groups is 2. The maximum atomic E-state index is 9.70. The predicted octanol–water partition coefficient (Wildman–Crippen LogP) is 1.31. The van der Waals surface area contributed by atoms with E-state index in [0.717, 1.165) is 12.8 Å². The first-order valence-electron chi connectivity index (χ1n) is 4.50. The van der Waals surface area contributed by atoms with E-state index in [0.29, 0.717) is 5.92 Å². The van der Waals surface area contributed by atoms with E-state index in [2.05, 4.69) is 0 Å². The number of aliphatic hydroxyl groups excluding tert-OH is 1. The topological polar surface area (TPSA) is 40.5 Å². The van der Waals surface area contributed by atoms with Crippen molar-refractivity contribution in [2.45, 2.75) is 44.6 Å². The minimum absolute atomic E-state index is 0.0995. The molecule has 0 aliphatic heterocycles. The Morgan fingerprint density at radius 1 is 1.27 bits per heavy atom. The molecule has 0 amide bonds. The highest BCUT2D eigenvalue weighted by molar-refractivity contribution is 4.83. The summed E-state index contributed by atoms with van der Waals surface area (Å²) in [5, 5.41) is 18.6. The Bertz CT molecular complexity index is 115. The molecule has 66 valence electrons. The number of hydrogen-bond acceptors (Lipinski definition) is 2. The van der Waals surface area contributed by atoms with Crippen LogP contribution < -0.4 is 0 Å². The fourth-order valence-electron chi connectivity index (χ4n) is 1.85. The van der Waals surface area contributed by atoms with Gasteiger partial charge in [-0.1, -0.05) is 19.3 Å². The molecule has 0 saturated heterocycles. The van der Waals surface area contributed by atoms with Crippen molar-refractivity contribution in [1.82, 2.24) is 0 Å². The Morgan fingerprint density at radius 3 is 2.27 bits per heavy atom. The third kappa shape index (κ3) is 2.17. The Labute approximate surface area is 68.2 Å². The SMILES string of the molecule is C[C@](O)(CO)C1CCCCC1. The van der Waals surface area contributed by atoms with Gasteiger partial charge in [-0.2, -0.15) is 0 Å². The molecular weight excluding hydrogens is 140 g/mol. The highest BCUT2D eigenvalue weighted by Gasteiger charge is 2.31. The lowest BCUT2D eigenvalue weighted by molar-refractivity contribution is -0.0577. The molecule has 0 aromatic heterocycles. The highest BCUT2D eigenvalue weighted by Crippen LogP contribution is 2.31. The van der Waals surface area contributed by atoms with Gasteiger partial charge >= 0.3 is 0 Å². The van der Waals surface area contributed by atoms with Crippen molar-refractivity contribution < 1.29 is 10.2 Å². The second kappa shape index (κ2) is 3.55. The predicted molar refractivity (Wildman–Crippen MR) is 44.3 cm³/mol. The molecule has 0 aromatic carbocycles. The second-order valence-corrected chi connectivity index (χ2v) is 3.85. The summed E-state index contributed by atoms with van der Waals surface area (Å²) in [5.41, 5.74) is -0.833. The molecule has 0 unspecified atom stereocenters. The molecule has 1 atom stereocenters. The van der Waals surface area contributed by atoms with Gasteiger partial charge in [0.25, 0.3) is 0 Å². The molecule has 1 aliphatic rings. The van der Waals surface area contributed by atoms with Gasteiger partial charge in [-0.15, -0.1) is 0 Å². The monoisotopic (exact) mass is 158 g/mol. The third-order valence-corrected chi connectivity index (χ3v) is 2.80. The lowest BCUT2D eigenvalue weighted by atomic mass is 9.78. The van der Waals surface area contributed by atoms with E-state index in [4.69, 9.17) is 5.11 Å². The third-order valence-electron chi connectivity index (χ3n) is 2.80. The molecule has 1 saturated carbocycles. The molecule has 0 aromatic rings. The number of hydrogen-bond donors (Lipinski definition) is 2. The molecule has 1 aliphatic carbocycles. The van der Waals surface area contributed by atoms with Crippen molar-refractivity contribution in [2.24, 2.45) is 5.92 Å². The molecule has 2 N–H and O–H groups in total. The van der Waals surface area contributed by atoms with Gasteiger partial charge in [0.15, 0.2) is 0 Å². The number of rotatable bonds is 2. The van der Waals surface area contributed by atoms with E-state index < -0.39 is 5.60 Å². The first-order valence-corrected chi connectivity index (χ1v) is 4.50. The van der Waals surface area contributed by atoms with Crippen molar-refractivity contribution in [1.29, 1.82) is 0 Å². The van der Waals surface area contributed by atoms with Crippen molar-refractivity contribution in [3.63, 3.8) is 0 Å². The van der Waals surface area contributed by atoms with Crippen molar-refractivity contribution >= 4 is 0 Å². The lowest BCUT2D eigenvalue weighted by Gasteiger charge is -2.33. The molecule has 0 radical (unpaired) electrons. The van der Waals surface area contributed by atoms with Gasteiger partial charge in [0.2, 0.25) is 0 Å². The van der Waals surface area contributed by atoms with E-state index in [1.54, 1.807) is 6.92 Å². The molecular formula is C9H18O2. The van der Waals surface area contributed by atoms with Crippen molar-refractivity contribution in [3.8, 4) is 0 Å². The summed E-state index contributed by atoms with van der Waals surface area (Å²) in [7, 11) is 0. The zero-order valence-corrected chi connectivity index (χ0v) is 7.21. The van der Waals surface area contributed by atoms with Crippen LogP contribution in [0.4, 0.5) is 0 Å². The molecule has 11 heavy (non-hydrogen) atoms. The van der Waals surface area contributed by atoms with Crippen molar-refractivity contribution in [2.75, 3.05) is 6.61 Å². The molecule has 1 rings (SSSR count). The average Bonchev–Trinajstić information content (AvgIpc) is 2.06. The van der Waals surface area contributed by atoms with Crippen molar-refractivity contribution in [3.05, 3.63) is 0 Å². The molecule has 0 heterocycles. The minimum atomic E-state index is -0.833. The standard InChI is InChI=1S/C9H18O2/c1-9(11,7-10)8-5-3-2-4-6-8/h8,10-11H,2-7H2,1H3/t9-/m0/s1. The van der Waals surface area contributed by atoms with Gasteiger partial charge in [-0.05, 0) is 25.7 Å². The quantitative estimate of drug-likeness (QED) is 0.636. The zero-order chi connectivity index (χ0) is 8.32. The smallest absolute Gasteiger partial charge is 0.0877 e. The minimum Gasteiger partial charge on any atom is -0.393 e. The maximum absolute atomic E-state index is 9.70. The van der Waals surface area contributed by atoms with Gasteiger partial charge < -0.3 is 10.2 Å². The van der Waals surface area contributed by atoms with Crippen LogP contribution in [0.3, 0.4) is 0 Å².